The average Bonchev–Trinajstić information content (AvgIpc) is 2.53. The molecule has 0 bridgehead atoms. The number of pyridine rings is 1. The average molecular weight is 305 g/mol. The minimum Gasteiger partial charge on any atom is -0.381 e. The van der Waals surface area contributed by atoms with Crippen molar-refractivity contribution in [3.63, 3.8) is 0 Å². The van der Waals surface area contributed by atoms with Gasteiger partial charge in [-0.05, 0) is 37.5 Å². The van der Waals surface area contributed by atoms with Crippen LogP contribution in [0.25, 0.3) is 10.9 Å². The van der Waals surface area contributed by atoms with Crippen LogP contribution in [0.1, 0.15) is 24.1 Å². The highest BCUT2D eigenvalue weighted by molar-refractivity contribution is 6.18. The maximum Gasteiger partial charge on any atom is 0.0708 e. The predicted octanol–water partition coefficient (Wildman–Crippen LogP) is 3.42. The topological polar surface area (TPSA) is 34.1 Å². The summed E-state index contributed by atoms with van der Waals surface area (Å²) in [7, 11) is 0. The van der Waals surface area contributed by atoms with Crippen LogP contribution < -0.4 is 5.32 Å². The van der Waals surface area contributed by atoms with E-state index in [0.29, 0.717) is 5.88 Å². The zero-order valence-electron chi connectivity index (χ0n) is 12.4. The summed E-state index contributed by atoms with van der Waals surface area (Å²) in [6, 6.07) is 10.5. The molecule has 1 aliphatic heterocycles. The SMILES string of the molecule is Cc1cc(CNC2(CCl)CCOCC2)c2ccccc2n1. The number of hydrogen-bond donors (Lipinski definition) is 1. The van der Waals surface area contributed by atoms with E-state index < -0.39 is 0 Å². The van der Waals surface area contributed by atoms with Gasteiger partial charge in [0, 0.05) is 42.3 Å². The van der Waals surface area contributed by atoms with Crippen molar-refractivity contribution in [1.82, 2.24) is 10.3 Å². The van der Waals surface area contributed by atoms with Crippen molar-refractivity contribution in [2.24, 2.45) is 0 Å². The van der Waals surface area contributed by atoms with Crippen LogP contribution in [0, 0.1) is 6.92 Å². The van der Waals surface area contributed by atoms with E-state index in [9.17, 15) is 0 Å². The van der Waals surface area contributed by atoms with Crippen molar-refractivity contribution in [2.45, 2.75) is 31.8 Å². The monoisotopic (exact) mass is 304 g/mol. The van der Waals surface area contributed by atoms with Gasteiger partial charge in [0.05, 0.1) is 5.52 Å². The molecule has 0 amide bonds. The van der Waals surface area contributed by atoms with Crippen LogP contribution in [0.5, 0.6) is 0 Å². The fourth-order valence-electron chi connectivity index (χ4n) is 2.94. The highest BCUT2D eigenvalue weighted by atomic mass is 35.5. The summed E-state index contributed by atoms with van der Waals surface area (Å²) in [5.74, 6) is 0.623. The molecule has 1 N–H and O–H groups in total. The van der Waals surface area contributed by atoms with Crippen molar-refractivity contribution >= 4 is 22.5 Å². The minimum atomic E-state index is -0.00190. The highest BCUT2D eigenvalue weighted by Crippen LogP contribution is 2.24. The van der Waals surface area contributed by atoms with Crippen LogP contribution in [-0.4, -0.2) is 29.6 Å². The smallest absolute Gasteiger partial charge is 0.0708 e. The Balaban J connectivity index is 1.84. The second-order valence-corrected chi connectivity index (χ2v) is 6.09. The van der Waals surface area contributed by atoms with Gasteiger partial charge >= 0.3 is 0 Å². The molecular formula is C17H21ClN2O. The fourth-order valence-corrected chi connectivity index (χ4v) is 3.31. The number of halogens is 1. The lowest BCUT2D eigenvalue weighted by molar-refractivity contribution is 0.0459. The van der Waals surface area contributed by atoms with Crippen LogP contribution in [-0.2, 0) is 11.3 Å². The highest BCUT2D eigenvalue weighted by Gasteiger charge is 2.31. The Morgan fingerprint density at radius 3 is 2.81 bits per heavy atom. The number of hydrogen-bond acceptors (Lipinski definition) is 3. The quantitative estimate of drug-likeness (QED) is 0.879. The number of aryl methyl sites for hydroxylation is 1. The fraction of sp³-hybridized carbons (Fsp3) is 0.471. The first-order valence-corrected chi connectivity index (χ1v) is 8.00. The molecule has 21 heavy (non-hydrogen) atoms. The number of nitrogens with zero attached hydrogens (tertiary/aromatic N) is 1. The molecule has 3 rings (SSSR count). The van der Waals surface area contributed by atoms with Crippen LogP contribution in [0.3, 0.4) is 0 Å². The molecule has 2 aromatic rings. The molecule has 4 heteroatoms. The van der Waals surface area contributed by atoms with E-state index in [1.807, 2.05) is 13.0 Å². The number of para-hydroxylation sites is 1. The molecular weight excluding hydrogens is 284 g/mol. The van der Waals surface area contributed by atoms with Gasteiger partial charge < -0.3 is 10.1 Å². The van der Waals surface area contributed by atoms with Crippen LogP contribution in [0.15, 0.2) is 30.3 Å². The summed E-state index contributed by atoms with van der Waals surface area (Å²) < 4.78 is 5.46. The van der Waals surface area contributed by atoms with E-state index in [1.165, 1.54) is 10.9 Å². The Labute approximate surface area is 130 Å². The Hall–Kier alpha value is -1.16. The van der Waals surface area contributed by atoms with E-state index in [2.05, 4.69) is 34.6 Å². The molecule has 1 fully saturated rings. The van der Waals surface area contributed by atoms with Crippen LogP contribution in [0.2, 0.25) is 0 Å². The zero-order valence-corrected chi connectivity index (χ0v) is 13.1. The number of fused-ring (bicyclic) bond motifs is 1. The van der Waals surface area contributed by atoms with Crippen molar-refractivity contribution in [3.8, 4) is 0 Å². The van der Waals surface area contributed by atoms with E-state index in [1.54, 1.807) is 0 Å². The van der Waals surface area contributed by atoms with Gasteiger partial charge in [0.1, 0.15) is 0 Å². The molecule has 0 spiro atoms. The van der Waals surface area contributed by atoms with Crippen molar-refractivity contribution in [2.75, 3.05) is 19.1 Å². The minimum absolute atomic E-state index is 0.00190. The molecule has 1 saturated heterocycles. The van der Waals surface area contributed by atoms with Gasteiger partial charge in [-0.25, -0.2) is 0 Å². The van der Waals surface area contributed by atoms with E-state index >= 15 is 0 Å². The summed E-state index contributed by atoms with van der Waals surface area (Å²) in [6.07, 6.45) is 1.94. The number of aromatic nitrogens is 1. The molecule has 1 aromatic carbocycles. The van der Waals surface area contributed by atoms with Gasteiger partial charge in [-0.15, -0.1) is 11.6 Å². The second kappa shape index (κ2) is 6.30. The molecule has 0 unspecified atom stereocenters. The molecule has 112 valence electrons. The van der Waals surface area contributed by atoms with Gasteiger partial charge in [-0.1, -0.05) is 18.2 Å². The number of ether oxygens (including phenoxy) is 1. The van der Waals surface area contributed by atoms with Gasteiger partial charge in [0.15, 0.2) is 0 Å². The lowest BCUT2D eigenvalue weighted by atomic mass is 9.91. The van der Waals surface area contributed by atoms with Crippen LogP contribution in [0.4, 0.5) is 0 Å². The van der Waals surface area contributed by atoms with E-state index in [0.717, 1.165) is 43.8 Å². The lowest BCUT2D eigenvalue weighted by Gasteiger charge is -2.36. The van der Waals surface area contributed by atoms with Gasteiger partial charge in [-0.2, -0.15) is 0 Å². The van der Waals surface area contributed by atoms with E-state index in [-0.39, 0.29) is 5.54 Å². The van der Waals surface area contributed by atoms with E-state index in [4.69, 9.17) is 16.3 Å². The molecule has 0 radical (unpaired) electrons. The molecule has 0 aliphatic carbocycles. The van der Waals surface area contributed by atoms with Crippen molar-refractivity contribution < 1.29 is 4.74 Å². The van der Waals surface area contributed by atoms with Gasteiger partial charge in [0.2, 0.25) is 0 Å². The molecule has 3 nitrogen and oxygen atoms in total. The molecule has 1 aliphatic rings. The number of benzene rings is 1. The third-order valence-corrected chi connectivity index (χ3v) is 4.80. The van der Waals surface area contributed by atoms with Gasteiger partial charge in [0.25, 0.3) is 0 Å². The maximum absolute atomic E-state index is 6.22. The first kappa shape index (κ1) is 14.8. The zero-order chi connectivity index (χ0) is 14.7. The van der Waals surface area contributed by atoms with Crippen LogP contribution >= 0.6 is 11.6 Å². The number of nitrogens with one attached hydrogen (secondary N) is 1. The Kier molecular flexibility index (Phi) is 4.43. The van der Waals surface area contributed by atoms with Gasteiger partial charge in [-0.3, -0.25) is 4.98 Å². The number of alkyl halides is 1. The largest absolute Gasteiger partial charge is 0.381 e. The maximum atomic E-state index is 6.22. The summed E-state index contributed by atoms with van der Waals surface area (Å²) >= 11 is 6.22. The standard InChI is InChI=1S/C17H21ClN2O/c1-13-10-14(15-4-2-3-5-16(15)20-13)11-19-17(12-18)6-8-21-9-7-17/h2-5,10,19H,6-9,11-12H2,1H3. The molecule has 0 saturated carbocycles. The third-order valence-electron chi connectivity index (χ3n) is 4.29. The summed E-state index contributed by atoms with van der Waals surface area (Å²) in [5, 5.41) is 4.90. The second-order valence-electron chi connectivity index (χ2n) is 5.82. The molecule has 2 heterocycles. The summed E-state index contributed by atoms with van der Waals surface area (Å²) in [5.41, 5.74) is 3.39. The number of rotatable bonds is 4. The van der Waals surface area contributed by atoms with Crippen molar-refractivity contribution in [3.05, 3.63) is 41.6 Å². The Morgan fingerprint density at radius 2 is 2.05 bits per heavy atom. The first-order valence-electron chi connectivity index (χ1n) is 7.46. The lowest BCUT2D eigenvalue weighted by Crippen LogP contribution is -2.50. The predicted molar refractivity (Wildman–Crippen MR) is 86.8 cm³/mol. The third kappa shape index (κ3) is 3.20. The Bertz CT molecular complexity index is 623. The molecule has 1 aromatic heterocycles. The van der Waals surface area contributed by atoms with Crippen molar-refractivity contribution in [1.29, 1.82) is 0 Å². The first-order chi connectivity index (χ1) is 10.2. The molecule has 0 atom stereocenters. The summed E-state index contributed by atoms with van der Waals surface area (Å²) in [6.45, 7) is 4.43. The normalized spacial score (nSPS) is 18.0. The Morgan fingerprint density at radius 1 is 1.29 bits per heavy atom. The summed E-state index contributed by atoms with van der Waals surface area (Å²) in [4.78, 5) is 4.59.